The van der Waals surface area contributed by atoms with Gasteiger partial charge < -0.3 is 14.7 Å². The number of carboxylic acid groups (broad SMARTS) is 1. The summed E-state index contributed by atoms with van der Waals surface area (Å²) >= 11 is 0. The van der Waals surface area contributed by atoms with Gasteiger partial charge in [-0.1, -0.05) is 5.21 Å². The normalized spacial score (nSPS) is 15.7. The molecular weight excluding hydrogens is 216 g/mol. The molecule has 1 amide bonds. The lowest BCUT2D eigenvalue weighted by atomic mass is 10.1. The minimum Gasteiger partial charge on any atom is -0.476 e. The number of ether oxygens (including phenoxy) is 1. The summed E-state index contributed by atoms with van der Waals surface area (Å²) in [7, 11) is 1.31. The fraction of sp³-hybridized carbons (Fsp3) is 0.500. The molecule has 1 aliphatic heterocycles. The van der Waals surface area contributed by atoms with Crippen molar-refractivity contribution in [2.75, 3.05) is 20.2 Å². The first-order valence-electron chi connectivity index (χ1n) is 4.60. The summed E-state index contributed by atoms with van der Waals surface area (Å²) in [6.45, 7) is 0.907. The van der Waals surface area contributed by atoms with E-state index < -0.39 is 12.1 Å². The first-order chi connectivity index (χ1) is 7.61. The molecule has 0 aliphatic carbocycles. The van der Waals surface area contributed by atoms with Gasteiger partial charge >= 0.3 is 12.1 Å². The zero-order chi connectivity index (χ0) is 11.7. The van der Waals surface area contributed by atoms with Crippen LogP contribution in [0.1, 0.15) is 16.5 Å². The van der Waals surface area contributed by atoms with Gasteiger partial charge in [0.05, 0.1) is 19.3 Å². The monoisotopic (exact) mass is 226 g/mol. The van der Waals surface area contributed by atoms with Crippen molar-refractivity contribution >= 4 is 12.1 Å². The number of carbonyl (C=O) groups excluding carboxylic acids is 1. The predicted octanol–water partition coefficient (Wildman–Crippen LogP) is -0.401. The van der Waals surface area contributed by atoms with Gasteiger partial charge in [0.2, 0.25) is 0 Å². The summed E-state index contributed by atoms with van der Waals surface area (Å²) in [5.41, 5.74) is -0.100. The Balaban J connectivity index is 1.96. The lowest BCUT2D eigenvalue weighted by Crippen LogP contribution is -2.50. The number of hydrogen-bond donors (Lipinski definition) is 1. The molecule has 2 rings (SSSR count). The molecule has 0 unspecified atom stereocenters. The van der Waals surface area contributed by atoms with Crippen molar-refractivity contribution in [2.24, 2.45) is 0 Å². The molecule has 0 aromatic carbocycles. The quantitative estimate of drug-likeness (QED) is 0.736. The Labute approximate surface area is 90.4 Å². The van der Waals surface area contributed by atoms with Gasteiger partial charge in [0.15, 0.2) is 5.69 Å². The lowest BCUT2D eigenvalue weighted by molar-refractivity contribution is 0.0661. The van der Waals surface area contributed by atoms with Crippen LogP contribution in [0.3, 0.4) is 0 Å². The molecule has 0 spiro atoms. The van der Waals surface area contributed by atoms with Crippen molar-refractivity contribution in [1.82, 2.24) is 19.9 Å². The van der Waals surface area contributed by atoms with Crippen molar-refractivity contribution < 1.29 is 19.4 Å². The molecule has 1 aliphatic rings. The van der Waals surface area contributed by atoms with Crippen LogP contribution < -0.4 is 0 Å². The number of aromatic nitrogens is 3. The number of rotatable bonds is 2. The van der Waals surface area contributed by atoms with E-state index in [1.54, 1.807) is 0 Å². The van der Waals surface area contributed by atoms with Crippen LogP contribution in [-0.4, -0.2) is 57.3 Å². The first kappa shape index (κ1) is 10.4. The molecule has 86 valence electrons. The van der Waals surface area contributed by atoms with Gasteiger partial charge in [0.1, 0.15) is 0 Å². The molecule has 0 saturated carbocycles. The fourth-order valence-corrected chi connectivity index (χ4v) is 1.45. The van der Waals surface area contributed by atoms with E-state index in [-0.39, 0.29) is 11.7 Å². The second-order valence-corrected chi connectivity index (χ2v) is 3.42. The highest BCUT2D eigenvalue weighted by Crippen LogP contribution is 2.20. The SMILES string of the molecule is COC(=O)N1CC(n2cc(C(=O)O)nn2)C1. The van der Waals surface area contributed by atoms with Crippen LogP contribution >= 0.6 is 0 Å². The highest BCUT2D eigenvalue weighted by Gasteiger charge is 2.33. The van der Waals surface area contributed by atoms with Crippen molar-refractivity contribution in [3.05, 3.63) is 11.9 Å². The predicted molar refractivity (Wildman–Crippen MR) is 50.0 cm³/mol. The van der Waals surface area contributed by atoms with E-state index in [0.717, 1.165) is 0 Å². The van der Waals surface area contributed by atoms with Gasteiger partial charge in [-0.3, -0.25) is 0 Å². The second-order valence-electron chi connectivity index (χ2n) is 3.42. The smallest absolute Gasteiger partial charge is 0.409 e. The summed E-state index contributed by atoms with van der Waals surface area (Å²) in [5, 5.41) is 15.8. The Morgan fingerprint density at radius 3 is 2.75 bits per heavy atom. The molecule has 0 radical (unpaired) electrons. The van der Waals surface area contributed by atoms with E-state index in [4.69, 9.17) is 5.11 Å². The average molecular weight is 226 g/mol. The van der Waals surface area contributed by atoms with E-state index in [0.29, 0.717) is 13.1 Å². The number of hydrogen-bond acceptors (Lipinski definition) is 5. The molecule has 1 aromatic rings. The Morgan fingerprint density at radius 2 is 2.25 bits per heavy atom. The Morgan fingerprint density at radius 1 is 1.56 bits per heavy atom. The summed E-state index contributed by atoms with van der Waals surface area (Å²) in [6.07, 6.45) is 0.955. The van der Waals surface area contributed by atoms with E-state index in [1.165, 1.54) is 22.9 Å². The topological polar surface area (TPSA) is 97.5 Å². The summed E-state index contributed by atoms with van der Waals surface area (Å²) in [6, 6.07) is -0.0281. The van der Waals surface area contributed by atoms with Crippen LogP contribution in [-0.2, 0) is 4.74 Å². The molecule has 8 nitrogen and oxygen atoms in total. The fourth-order valence-electron chi connectivity index (χ4n) is 1.45. The molecule has 1 saturated heterocycles. The minimum absolute atomic E-state index is 0.0281. The van der Waals surface area contributed by atoms with Crippen molar-refractivity contribution in [3.63, 3.8) is 0 Å². The average Bonchev–Trinajstić information content (AvgIpc) is 2.64. The van der Waals surface area contributed by atoms with Gasteiger partial charge in [0.25, 0.3) is 0 Å². The second kappa shape index (κ2) is 3.80. The van der Waals surface area contributed by atoms with Gasteiger partial charge in [-0.25, -0.2) is 14.3 Å². The van der Waals surface area contributed by atoms with Crippen molar-refractivity contribution in [3.8, 4) is 0 Å². The summed E-state index contributed by atoms with van der Waals surface area (Å²) in [5.74, 6) is -1.12. The van der Waals surface area contributed by atoms with Gasteiger partial charge in [-0.05, 0) is 0 Å². The van der Waals surface area contributed by atoms with E-state index in [9.17, 15) is 9.59 Å². The Kier molecular flexibility index (Phi) is 2.47. The molecule has 1 fully saturated rings. The maximum atomic E-state index is 11.0. The number of likely N-dealkylation sites (tertiary alicyclic amines) is 1. The third kappa shape index (κ3) is 1.69. The third-order valence-electron chi connectivity index (χ3n) is 2.40. The zero-order valence-corrected chi connectivity index (χ0v) is 8.53. The van der Waals surface area contributed by atoms with Gasteiger partial charge in [0, 0.05) is 13.1 Å². The van der Waals surface area contributed by atoms with Crippen LogP contribution in [0.25, 0.3) is 0 Å². The van der Waals surface area contributed by atoms with Gasteiger partial charge in [-0.15, -0.1) is 5.10 Å². The molecule has 0 atom stereocenters. The lowest BCUT2D eigenvalue weighted by Gasteiger charge is -2.37. The van der Waals surface area contributed by atoms with Crippen molar-refractivity contribution in [1.29, 1.82) is 0 Å². The van der Waals surface area contributed by atoms with Crippen molar-refractivity contribution in [2.45, 2.75) is 6.04 Å². The van der Waals surface area contributed by atoms with Crippen LogP contribution in [0.15, 0.2) is 6.20 Å². The third-order valence-corrected chi connectivity index (χ3v) is 2.40. The minimum atomic E-state index is -1.12. The maximum absolute atomic E-state index is 11.0. The summed E-state index contributed by atoms with van der Waals surface area (Å²) < 4.78 is 5.98. The van der Waals surface area contributed by atoms with Crippen LogP contribution in [0.4, 0.5) is 4.79 Å². The molecular formula is C8H10N4O4. The molecule has 2 heterocycles. The largest absolute Gasteiger partial charge is 0.476 e. The number of nitrogens with zero attached hydrogens (tertiary/aromatic N) is 4. The Hall–Kier alpha value is -2.12. The highest BCUT2D eigenvalue weighted by atomic mass is 16.5. The van der Waals surface area contributed by atoms with Crippen LogP contribution in [0, 0.1) is 0 Å². The van der Waals surface area contributed by atoms with E-state index in [1.807, 2.05) is 0 Å². The van der Waals surface area contributed by atoms with Crippen LogP contribution in [0.5, 0.6) is 0 Å². The molecule has 0 bridgehead atoms. The van der Waals surface area contributed by atoms with E-state index in [2.05, 4.69) is 15.0 Å². The maximum Gasteiger partial charge on any atom is 0.409 e. The first-order valence-corrected chi connectivity index (χ1v) is 4.60. The number of aromatic carboxylic acids is 1. The number of amides is 1. The Bertz CT molecular complexity index is 423. The van der Waals surface area contributed by atoms with E-state index >= 15 is 0 Å². The summed E-state index contributed by atoms with van der Waals surface area (Å²) in [4.78, 5) is 23.1. The molecule has 16 heavy (non-hydrogen) atoms. The zero-order valence-electron chi connectivity index (χ0n) is 8.53. The molecule has 8 heteroatoms. The number of carboxylic acids is 1. The highest BCUT2D eigenvalue weighted by molar-refractivity contribution is 5.84. The number of carbonyl (C=O) groups is 2. The van der Waals surface area contributed by atoms with Gasteiger partial charge in [-0.2, -0.15) is 0 Å². The van der Waals surface area contributed by atoms with Crippen LogP contribution in [0.2, 0.25) is 0 Å². The molecule has 1 N–H and O–H groups in total. The standard InChI is InChI=1S/C8H10N4O4/c1-16-8(15)11-2-5(3-11)12-4-6(7(13)14)9-10-12/h4-5H,2-3H2,1H3,(H,13,14). The molecule has 1 aromatic heterocycles. The number of methoxy groups -OCH3 is 1.